The Morgan fingerprint density at radius 2 is 1.00 bits per heavy atom. The first-order valence-corrected chi connectivity index (χ1v) is 19.4. The zero-order valence-electron chi connectivity index (χ0n) is 33.7. The predicted octanol–water partition coefficient (Wildman–Crippen LogP) is 3.55. The van der Waals surface area contributed by atoms with Crippen molar-refractivity contribution in [1.29, 1.82) is 0 Å². The lowest BCUT2D eigenvalue weighted by molar-refractivity contribution is -0.135. The molecule has 5 atom stereocenters. The van der Waals surface area contributed by atoms with Gasteiger partial charge < -0.3 is 37.4 Å². The minimum absolute atomic E-state index is 0.00259. The number of hydrogen-bond acceptors (Lipinski definition) is 7. The summed E-state index contributed by atoms with van der Waals surface area (Å²) in [7, 11) is 0. The smallest absolute Gasteiger partial charge is 0.244 e. The summed E-state index contributed by atoms with van der Waals surface area (Å²) in [6.07, 6.45) is 3.57. The van der Waals surface area contributed by atoms with Gasteiger partial charge in [-0.15, -0.1) is 0 Å². The van der Waals surface area contributed by atoms with Gasteiger partial charge in [-0.05, 0) is 65.5 Å². The Kier molecular flexibility index (Phi) is 18.0. The van der Waals surface area contributed by atoms with Crippen molar-refractivity contribution in [3.63, 3.8) is 0 Å². The summed E-state index contributed by atoms with van der Waals surface area (Å²) in [5.74, 6) is -3.93. The maximum Gasteiger partial charge on any atom is 0.244 e. The van der Waals surface area contributed by atoms with Gasteiger partial charge in [0, 0.05) is 18.9 Å². The minimum Gasteiger partial charge on any atom is -0.508 e. The normalized spacial score (nSPS) is 14.0. The van der Waals surface area contributed by atoms with Gasteiger partial charge in [0.1, 0.15) is 36.0 Å². The average Bonchev–Trinajstić information content (AvgIpc) is 3.15. The predicted molar refractivity (Wildman–Crippen MR) is 220 cm³/mol. The van der Waals surface area contributed by atoms with Crippen molar-refractivity contribution in [3.05, 3.63) is 108 Å². The van der Waals surface area contributed by atoms with Crippen LogP contribution < -0.4 is 32.3 Å². The molecule has 57 heavy (non-hydrogen) atoms. The van der Waals surface area contributed by atoms with Gasteiger partial charge in [-0.25, -0.2) is 0 Å². The third kappa shape index (κ3) is 16.0. The first-order valence-electron chi connectivity index (χ1n) is 19.4. The minimum atomic E-state index is -1.18. The van der Waals surface area contributed by atoms with Crippen molar-refractivity contribution in [1.82, 2.24) is 26.6 Å². The monoisotopic (exact) mass is 782 g/mol. The highest BCUT2D eigenvalue weighted by Crippen LogP contribution is 2.13. The van der Waals surface area contributed by atoms with Crippen LogP contribution in [0, 0.1) is 17.8 Å². The molecule has 0 aliphatic rings. The summed E-state index contributed by atoms with van der Waals surface area (Å²) in [6, 6.07) is 19.0. The highest BCUT2D eigenvalue weighted by molar-refractivity contribution is 5.98. The van der Waals surface area contributed by atoms with Crippen LogP contribution in [0.5, 0.6) is 5.75 Å². The number of aromatic hydroxyl groups is 1. The topological polar surface area (TPSA) is 209 Å². The Morgan fingerprint density at radius 1 is 0.561 bits per heavy atom. The molecule has 0 heterocycles. The van der Waals surface area contributed by atoms with E-state index in [1.54, 1.807) is 68.5 Å². The molecule has 0 aromatic heterocycles. The zero-order chi connectivity index (χ0) is 42.1. The summed E-state index contributed by atoms with van der Waals surface area (Å²) in [4.78, 5) is 80.9. The van der Waals surface area contributed by atoms with Gasteiger partial charge in [0.25, 0.3) is 0 Å². The molecule has 13 nitrogen and oxygen atoms in total. The number of hydrogen-bond donors (Lipinski definition) is 7. The molecule has 0 radical (unpaired) electrons. The van der Waals surface area contributed by atoms with E-state index < -0.39 is 71.6 Å². The SMILES string of the molecule is CC(C)C[C@@H](NC(=O)[C@H](NC(=O)[C@@H](Cc1ccccc1)NC(=O)[C@@H](Cc1ccccc1)NC(=O)[C@@H](CC(C)C)NC(=O)/C=C/c1ccc(O)cc1)C(C)C)C(N)=O. The van der Waals surface area contributed by atoms with Crippen molar-refractivity contribution < 1.29 is 33.9 Å². The second kappa shape index (κ2) is 22.5. The summed E-state index contributed by atoms with van der Waals surface area (Å²) >= 11 is 0. The fourth-order valence-electron chi connectivity index (χ4n) is 6.11. The summed E-state index contributed by atoms with van der Waals surface area (Å²) in [6.45, 7) is 11.1. The number of nitrogens with one attached hydrogen (secondary N) is 5. The Balaban J connectivity index is 1.89. The number of phenols is 1. The van der Waals surface area contributed by atoms with E-state index >= 15 is 0 Å². The molecule has 3 rings (SSSR count). The van der Waals surface area contributed by atoms with Gasteiger partial charge in [-0.3, -0.25) is 28.8 Å². The van der Waals surface area contributed by atoms with E-state index in [0.717, 1.165) is 11.1 Å². The van der Waals surface area contributed by atoms with Gasteiger partial charge >= 0.3 is 0 Å². The average molecular weight is 783 g/mol. The summed E-state index contributed by atoms with van der Waals surface area (Å²) < 4.78 is 0. The van der Waals surface area contributed by atoms with E-state index in [9.17, 15) is 33.9 Å². The van der Waals surface area contributed by atoms with Crippen LogP contribution in [0.4, 0.5) is 0 Å². The lowest BCUT2D eigenvalue weighted by atomic mass is 9.98. The molecule has 0 fully saturated rings. The standard InChI is InChI=1S/C44H58N6O7/c1-27(2)23-34(40(45)53)47-44(57)39(29(5)6)50-43(56)37(26-32-15-11-8-12-16-32)49-42(55)36(25-31-13-9-7-10-14-31)48-41(54)35(24-28(3)4)46-38(52)22-19-30-17-20-33(51)21-18-30/h7-22,27-29,34-37,39,51H,23-26H2,1-6H3,(H2,45,53)(H,46,52)(H,47,57)(H,48,54)(H,49,55)(H,50,56)/b22-19+/t34-,35-,36-,37-,39-/m1/s1. The maximum absolute atomic E-state index is 14.3. The Morgan fingerprint density at radius 3 is 1.46 bits per heavy atom. The second-order valence-corrected chi connectivity index (χ2v) is 15.4. The van der Waals surface area contributed by atoms with E-state index in [1.807, 2.05) is 52.0 Å². The largest absolute Gasteiger partial charge is 0.508 e. The molecule has 0 aliphatic carbocycles. The van der Waals surface area contributed by atoms with Crippen LogP contribution in [0.1, 0.15) is 71.1 Å². The Labute approximate surface area is 335 Å². The van der Waals surface area contributed by atoms with Crippen molar-refractivity contribution in [3.8, 4) is 5.75 Å². The van der Waals surface area contributed by atoms with Crippen LogP contribution in [0.15, 0.2) is 91.0 Å². The molecule has 0 bridgehead atoms. The molecule has 8 N–H and O–H groups in total. The number of primary amides is 1. The molecule has 3 aromatic rings. The number of carbonyl (C=O) groups excluding carboxylic acids is 6. The molecule has 0 unspecified atom stereocenters. The van der Waals surface area contributed by atoms with Crippen LogP contribution in [-0.4, -0.2) is 70.8 Å². The Hall–Kier alpha value is -5.98. The zero-order valence-corrected chi connectivity index (χ0v) is 33.7. The van der Waals surface area contributed by atoms with E-state index in [1.165, 1.54) is 18.2 Å². The maximum atomic E-state index is 14.3. The van der Waals surface area contributed by atoms with Crippen molar-refractivity contribution in [2.75, 3.05) is 0 Å². The van der Waals surface area contributed by atoms with E-state index in [4.69, 9.17) is 5.73 Å². The van der Waals surface area contributed by atoms with E-state index in [2.05, 4.69) is 26.6 Å². The number of phenolic OH excluding ortho intramolecular Hbond substituents is 1. The summed E-state index contributed by atoms with van der Waals surface area (Å²) in [5, 5.41) is 23.4. The molecule has 306 valence electrons. The highest BCUT2D eigenvalue weighted by Gasteiger charge is 2.34. The number of nitrogens with two attached hydrogens (primary N) is 1. The Bertz CT molecular complexity index is 1810. The van der Waals surface area contributed by atoms with Gasteiger partial charge in [0.15, 0.2) is 0 Å². The van der Waals surface area contributed by atoms with Crippen LogP contribution in [0.2, 0.25) is 0 Å². The lowest BCUT2D eigenvalue weighted by Crippen LogP contribution is -2.60. The molecule has 0 aliphatic heterocycles. The third-order valence-electron chi connectivity index (χ3n) is 9.11. The second-order valence-electron chi connectivity index (χ2n) is 15.4. The number of rotatable bonds is 21. The van der Waals surface area contributed by atoms with Crippen molar-refractivity contribution in [2.45, 2.75) is 97.4 Å². The van der Waals surface area contributed by atoms with Crippen LogP contribution in [0.3, 0.4) is 0 Å². The molecule has 6 amide bonds. The van der Waals surface area contributed by atoms with E-state index in [-0.39, 0.29) is 36.8 Å². The lowest BCUT2D eigenvalue weighted by Gasteiger charge is -2.28. The highest BCUT2D eigenvalue weighted by atomic mass is 16.3. The molecule has 0 saturated heterocycles. The van der Waals surface area contributed by atoms with E-state index in [0.29, 0.717) is 12.0 Å². The van der Waals surface area contributed by atoms with Crippen molar-refractivity contribution in [2.24, 2.45) is 23.5 Å². The van der Waals surface area contributed by atoms with Crippen LogP contribution >= 0.6 is 0 Å². The van der Waals surface area contributed by atoms with Crippen LogP contribution in [0.25, 0.3) is 6.08 Å². The van der Waals surface area contributed by atoms with Gasteiger partial charge in [-0.2, -0.15) is 0 Å². The van der Waals surface area contributed by atoms with Crippen LogP contribution in [-0.2, 0) is 41.6 Å². The number of benzene rings is 3. The number of carbonyl (C=O) groups is 6. The van der Waals surface area contributed by atoms with Gasteiger partial charge in [0.2, 0.25) is 35.4 Å². The summed E-state index contributed by atoms with van der Waals surface area (Å²) in [5.41, 5.74) is 7.72. The molecule has 0 spiro atoms. The number of amides is 6. The van der Waals surface area contributed by atoms with Crippen molar-refractivity contribution >= 4 is 41.5 Å². The van der Waals surface area contributed by atoms with Gasteiger partial charge in [0.05, 0.1) is 0 Å². The van der Waals surface area contributed by atoms with Gasteiger partial charge in [-0.1, -0.05) is 114 Å². The molecule has 13 heteroatoms. The molecule has 3 aromatic carbocycles. The first-order chi connectivity index (χ1) is 27.0. The fraction of sp³-hybridized carbons (Fsp3) is 0.409. The molecule has 0 saturated carbocycles. The third-order valence-corrected chi connectivity index (χ3v) is 9.11. The quantitative estimate of drug-likeness (QED) is 0.0799. The first kappa shape index (κ1) is 45.4. The fourth-order valence-corrected chi connectivity index (χ4v) is 6.11. The molecular weight excluding hydrogens is 725 g/mol. The molecular formula is C44H58N6O7.